The van der Waals surface area contributed by atoms with Crippen LogP contribution in [0, 0.1) is 5.82 Å². The number of anilines is 1. The minimum absolute atomic E-state index is 0.00980. The second-order valence-electron chi connectivity index (χ2n) is 3.72. The van der Waals surface area contributed by atoms with Crippen molar-refractivity contribution in [1.82, 2.24) is 5.32 Å². The molecular weight excluding hydrogens is 247 g/mol. The van der Waals surface area contributed by atoms with Crippen LogP contribution in [-0.4, -0.2) is 33.2 Å². The normalized spacial score (nSPS) is 21.8. The van der Waals surface area contributed by atoms with Crippen LogP contribution in [0.3, 0.4) is 0 Å². The highest BCUT2D eigenvalue weighted by molar-refractivity contribution is 7.93. The van der Waals surface area contributed by atoms with Gasteiger partial charge in [0.2, 0.25) is 5.91 Å². The molecule has 0 saturated heterocycles. The summed E-state index contributed by atoms with van der Waals surface area (Å²) in [7, 11) is -2.29. The van der Waals surface area contributed by atoms with Gasteiger partial charge in [-0.05, 0) is 25.2 Å². The van der Waals surface area contributed by atoms with Crippen molar-refractivity contribution >= 4 is 21.4 Å². The van der Waals surface area contributed by atoms with Gasteiger partial charge in [-0.1, -0.05) is 0 Å². The third-order valence-electron chi connectivity index (χ3n) is 2.56. The van der Waals surface area contributed by atoms with Crippen LogP contribution in [0.1, 0.15) is 0 Å². The Bertz CT molecular complexity index is 571. The van der Waals surface area contributed by atoms with E-state index in [0.717, 1.165) is 12.1 Å². The fourth-order valence-corrected chi connectivity index (χ4v) is 3.47. The van der Waals surface area contributed by atoms with Crippen LogP contribution < -0.4 is 10.6 Å². The van der Waals surface area contributed by atoms with E-state index < -0.39 is 26.8 Å². The van der Waals surface area contributed by atoms with Gasteiger partial charge in [-0.2, -0.15) is 0 Å². The van der Waals surface area contributed by atoms with Crippen molar-refractivity contribution in [2.45, 2.75) is 10.1 Å². The molecule has 0 radical (unpaired) electrons. The first kappa shape index (κ1) is 12.0. The molecule has 1 unspecified atom stereocenters. The predicted molar refractivity (Wildman–Crippen MR) is 59.9 cm³/mol. The number of carbonyl (C=O) groups is 1. The van der Waals surface area contributed by atoms with Crippen molar-refractivity contribution in [3.05, 3.63) is 24.0 Å². The standard InChI is InChI=1S/C10H11FN2O3S/c1-12-5-9-10(14)13-7-3-2-6(11)4-8(7)17(9,15)16/h2-4,9,12H,5H2,1H3,(H,13,14). The number of hydrogen-bond acceptors (Lipinski definition) is 4. The Labute approximate surface area is 97.9 Å². The highest BCUT2D eigenvalue weighted by Gasteiger charge is 2.39. The van der Waals surface area contributed by atoms with Crippen molar-refractivity contribution in [2.75, 3.05) is 18.9 Å². The number of rotatable bonds is 2. The first-order valence-electron chi connectivity index (χ1n) is 4.95. The summed E-state index contributed by atoms with van der Waals surface area (Å²) in [6.07, 6.45) is 0. The van der Waals surface area contributed by atoms with Crippen molar-refractivity contribution in [3.8, 4) is 0 Å². The monoisotopic (exact) mass is 258 g/mol. The van der Waals surface area contributed by atoms with Crippen molar-refractivity contribution in [1.29, 1.82) is 0 Å². The molecule has 1 aliphatic rings. The van der Waals surface area contributed by atoms with E-state index in [0.29, 0.717) is 0 Å². The summed E-state index contributed by atoms with van der Waals surface area (Å²) < 4.78 is 37.2. The quantitative estimate of drug-likeness (QED) is 0.791. The van der Waals surface area contributed by atoms with Crippen LogP contribution in [-0.2, 0) is 14.6 Å². The van der Waals surface area contributed by atoms with Crippen LogP contribution in [0.25, 0.3) is 0 Å². The Hall–Kier alpha value is -1.47. The van der Waals surface area contributed by atoms with Crippen molar-refractivity contribution < 1.29 is 17.6 Å². The maximum Gasteiger partial charge on any atom is 0.244 e. The Kier molecular flexibility index (Phi) is 2.88. The predicted octanol–water partition coefficient (Wildman–Crippen LogP) is 0.139. The molecule has 1 aromatic rings. The molecule has 2 rings (SSSR count). The number of carbonyl (C=O) groups excluding carboxylic acids is 1. The van der Waals surface area contributed by atoms with Gasteiger partial charge in [0.05, 0.1) is 10.6 Å². The van der Waals surface area contributed by atoms with Crippen LogP contribution >= 0.6 is 0 Å². The molecule has 0 spiro atoms. The molecule has 1 heterocycles. The third kappa shape index (κ3) is 1.91. The van der Waals surface area contributed by atoms with E-state index in [4.69, 9.17) is 0 Å². The molecule has 0 aromatic heterocycles. The molecule has 0 aliphatic carbocycles. The van der Waals surface area contributed by atoms with Gasteiger partial charge in [0.1, 0.15) is 5.82 Å². The minimum Gasteiger partial charge on any atom is -0.324 e. The first-order valence-corrected chi connectivity index (χ1v) is 6.50. The minimum atomic E-state index is -3.83. The number of hydrogen-bond donors (Lipinski definition) is 2. The zero-order valence-corrected chi connectivity index (χ0v) is 9.84. The largest absolute Gasteiger partial charge is 0.324 e. The molecule has 5 nitrogen and oxygen atoms in total. The van der Waals surface area contributed by atoms with Gasteiger partial charge >= 0.3 is 0 Å². The molecule has 0 bridgehead atoms. The summed E-state index contributed by atoms with van der Waals surface area (Å²) in [5.41, 5.74) is 0.128. The lowest BCUT2D eigenvalue weighted by Crippen LogP contribution is -2.45. The van der Waals surface area contributed by atoms with Crippen LogP contribution in [0.4, 0.5) is 10.1 Å². The lowest BCUT2D eigenvalue weighted by molar-refractivity contribution is -0.115. The number of fused-ring (bicyclic) bond motifs is 1. The third-order valence-corrected chi connectivity index (χ3v) is 4.65. The van der Waals surface area contributed by atoms with Gasteiger partial charge in [0, 0.05) is 6.54 Å². The second-order valence-corrected chi connectivity index (χ2v) is 5.82. The summed E-state index contributed by atoms with van der Waals surface area (Å²) in [4.78, 5) is 11.5. The fraction of sp³-hybridized carbons (Fsp3) is 0.300. The van der Waals surface area contributed by atoms with E-state index >= 15 is 0 Å². The molecular formula is C10H11FN2O3S. The SMILES string of the molecule is CNCC1C(=O)Nc2ccc(F)cc2S1(=O)=O. The molecule has 92 valence electrons. The van der Waals surface area contributed by atoms with Crippen LogP contribution in [0.15, 0.2) is 23.1 Å². The highest BCUT2D eigenvalue weighted by Crippen LogP contribution is 2.30. The van der Waals surface area contributed by atoms with Gasteiger partial charge in [-0.15, -0.1) is 0 Å². The van der Waals surface area contributed by atoms with Gasteiger partial charge in [0.15, 0.2) is 15.1 Å². The van der Waals surface area contributed by atoms with Crippen molar-refractivity contribution in [2.24, 2.45) is 0 Å². The van der Waals surface area contributed by atoms with Gasteiger partial charge in [-0.25, -0.2) is 12.8 Å². The fourth-order valence-electron chi connectivity index (χ4n) is 1.73. The summed E-state index contributed by atoms with van der Waals surface area (Å²) >= 11 is 0. The second kappa shape index (κ2) is 4.08. The zero-order chi connectivity index (χ0) is 12.6. The molecule has 1 amide bonds. The maximum atomic E-state index is 13.1. The Morgan fingerprint density at radius 3 is 2.82 bits per heavy atom. The Morgan fingerprint density at radius 2 is 2.18 bits per heavy atom. The van der Waals surface area contributed by atoms with E-state index in [1.54, 1.807) is 7.05 Å². The molecule has 2 N–H and O–H groups in total. The summed E-state index contributed by atoms with van der Waals surface area (Å²) in [6, 6.07) is 3.27. The van der Waals surface area contributed by atoms with Crippen molar-refractivity contribution in [3.63, 3.8) is 0 Å². The first-order chi connectivity index (χ1) is 7.96. The van der Waals surface area contributed by atoms with Gasteiger partial charge in [0.25, 0.3) is 0 Å². The molecule has 0 saturated carbocycles. The molecule has 1 aliphatic heterocycles. The lowest BCUT2D eigenvalue weighted by Gasteiger charge is -2.24. The zero-order valence-electron chi connectivity index (χ0n) is 9.03. The maximum absolute atomic E-state index is 13.1. The van der Waals surface area contributed by atoms with Gasteiger partial charge in [-0.3, -0.25) is 4.79 Å². The molecule has 17 heavy (non-hydrogen) atoms. The average molecular weight is 258 g/mol. The van der Waals surface area contributed by atoms with E-state index in [-0.39, 0.29) is 17.1 Å². The van der Waals surface area contributed by atoms with E-state index in [1.165, 1.54) is 6.07 Å². The average Bonchev–Trinajstić information content (AvgIpc) is 2.26. The highest BCUT2D eigenvalue weighted by atomic mass is 32.2. The Balaban J connectivity index is 2.59. The number of sulfone groups is 1. The van der Waals surface area contributed by atoms with Crippen LogP contribution in [0.5, 0.6) is 0 Å². The smallest absolute Gasteiger partial charge is 0.244 e. The summed E-state index contributed by atoms with van der Waals surface area (Å²) in [5, 5.41) is 3.87. The lowest BCUT2D eigenvalue weighted by atomic mass is 10.3. The number of benzene rings is 1. The molecule has 7 heteroatoms. The number of halogens is 1. The number of nitrogens with one attached hydrogen (secondary N) is 2. The topological polar surface area (TPSA) is 75.3 Å². The van der Waals surface area contributed by atoms with Gasteiger partial charge < -0.3 is 10.6 Å². The summed E-state index contributed by atoms with van der Waals surface area (Å²) in [6.45, 7) is -0.00980. The Morgan fingerprint density at radius 1 is 1.47 bits per heavy atom. The van der Waals surface area contributed by atoms with E-state index in [9.17, 15) is 17.6 Å². The molecule has 0 fully saturated rings. The summed E-state index contributed by atoms with van der Waals surface area (Å²) in [5.74, 6) is -1.25. The molecule has 1 atom stereocenters. The van der Waals surface area contributed by atoms with Crippen LogP contribution in [0.2, 0.25) is 0 Å². The van der Waals surface area contributed by atoms with E-state index in [1.807, 2.05) is 0 Å². The molecule has 1 aromatic carbocycles. The van der Waals surface area contributed by atoms with E-state index in [2.05, 4.69) is 10.6 Å². The number of amides is 1.